The fourth-order valence-electron chi connectivity index (χ4n) is 3.13. The molecule has 152 valence electrons. The maximum Gasteiger partial charge on any atom is 0.339 e. The molecule has 0 unspecified atom stereocenters. The van der Waals surface area contributed by atoms with Crippen LogP contribution in [-0.2, 0) is 0 Å². The van der Waals surface area contributed by atoms with Gasteiger partial charge in [-0.15, -0.1) is 11.3 Å². The molecule has 2 heterocycles. The van der Waals surface area contributed by atoms with Gasteiger partial charge in [0.25, 0.3) is 0 Å². The van der Waals surface area contributed by atoms with E-state index in [4.69, 9.17) is 11.6 Å². The van der Waals surface area contributed by atoms with Crippen molar-refractivity contribution in [1.29, 1.82) is 5.26 Å². The predicted molar refractivity (Wildman–Crippen MR) is 126 cm³/mol. The number of halogens is 1. The number of nitrogens with zero attached hydrogens (tertiary/aromatic N) is 2. The molecular weight excluding hydrogens is 448 g/mol. The van der Waals surface area contributed by atoms with E-state index in [-0.39, 0.29) is 5.56 Å². The van der Waals surface area contributed by atoms with E-state index < -0.39 is 11.2 Å². The molecule has 2 aromatic carbocycles. The second kappa shape index (κ2) is 9.36. The molecule has 0 radical (unpaired) electrons. The van der Waals surface area contributed by atoms with Gasteiger partial charge in [0.05, 0.1) is 22.2 Å². The highest BCUT2D eigenvalue weighted by Crippen LogP contribution is 2.41. The van der Waals surface area contributed by atoms with Crippen molar-refractivity contribution in [3.05, 3.63) is 94.3 Å². The van der Waals surface area contributed by atoms with Gasteiger partial charge in [-0.1, -0.05) is 71.9 Å². The highest BCUT2D eigenvalue weighted by atomic mass is 35.5. The van der Waals surface area contributed by atoms with Crippen molar-refractivity contribution in [2.75, 3.05) is 0 Å². The van der Waals surface area contributed by atoms with E-state index in [1.54, 1.807) is 30.3 Å². The minimum atomic E-state index is -1.08. The summed E-state index contributed by atoms with van der Waals surface area (Å²) in [6.45, 7) is 0. The lowest BCUT2D eigenvalue weighted by Gasteiger charge is -2.16. The van der Waals surface area contributed by atoms with Crippen molar-refractivity contribution in [2.45, 2.75) is 10.3 Å². The van der Waals surface area contributed by atoms with Crippen LogP contribution in [0.5, 0.6) is 0 Å². The Hall–Kier alpha value is -3.11. The third-order valence-corrected chi connectivity index (χ3v) is 6.85. The summed E-state index contributed by atoms with van der Waals surface area (Å²) in [7, 11) is 0. The molecule has 0 amide bonds. The molecule has 4 nitrogen and oxygen atoms in total. The van der Waals surface area contributed by atoms with Crippen LogP contribution >= 0.6 is 34.7 Å². The van der Waals surface area contributed by atoms with Crippen molar-refractivity contribution in [2.24, 2.45) is 0 Å². The van der Waals surface area contributed by atoms with E-state index in [1.165, 1.54) is 11.3 Å². The molecule has 1 N–H and O–H groups in total. The van der Waals surface area contributed by atoms with Crippen LogP contribution in [0.1, 0.15) is 21.2 Å². The minimum Gasteiger partial charge on any atom is -0.478 e. The van der Waals surface area contributed by atoms with Crippen molar-refractivity contribution in [1.82, 2.24) is 4.98 Å². The summed E-state index contributed by atoms with van der Waals surface area (Å²) in [5.74, 6) is -1.08. The number of hydrogen-bond acceptors (Lipinski definition) is 5. The third kappa shape index (κ3) is 4.64. The maximum atomic E-state index is 12.3. The summed E-state index contributed by atoms with van der Waals surface area (Å²) in [6.07, 6.45) is 0. The first-order chi connectivity index (χ1) is 15.1. The Kier molecular flexibility index (Phi) is 6.38. The Bertz CT molecular complexity index is 1250. The summed E-state index contributed by atoms with van der Waals surface area (Å²) < 4.78 is 0. The molecule has 0 spiro atoms. The van der Waals surface area contributed by atoms with E-state index in [0.29, 0.717) is 21.3 Å². The number of thiophene rings is 1. The van der Waals surface area contributed by atoms with Crippen LogP contribution in [0.15, 0.2) is 83.2 Å². The average Bonchev–Trinajstić information content (AvgIpc) is 3.33. The first-order valence-corrected chi connectivity index (χ1v) is 11.4. The highest BCUT2D eigenvalue weighted by molar-refractivity contribution is 7.99. The molecule has 0 fully saturated rings. The number of carboxylic acids is 1. The van der Waals surface area contributed by atoms with Gasteiger partial charge in [-0.2, -0.15) is 5.26 Å². The Morgan fingerprint density at radius 2 is 1.84 bits per heavy atom. The van der Waals surface area contributed by atoms with Gasteiger partial charge in [0, 0.05) is 10.6 Å². The number of hydrogen-bond donors (Lipinski definition) is 1. The van der Waals surface area contributed by atoms with Gasteiger partial charge < -0.3 is 5.11 Å². The number of carbonyl (C=O) groups is 1. The van der Waals surface area contributed by atoms with Gasteiger partial charge in [-0.05, 0) is 40.8 Å². The zero-order valence-corrected chi connectivity index (χ0v) is 18.4. The van der Waals surface area contributed by atoms with Gasteiger partial charge in [-0.3, -0.25) is 0 Å². The van der Waals surface area contributed by atoms with Crippen LogP contribution in [0.25, 0.3) is 21.7 Å². The fraction of sp³-hybridized carbons (Fsp3) is 0.0417. The molecule has 4 rings (SSSR count). The second-order valence-electron chi connectivity index (χ2n) is 6.56. The number of pyridine rings is 1. The lowest BCUT2D eigenvalue weighted by molar-refractivity contribution is 0.0693. The number of rotatable bonds is 6. The van der Waals surface area contributed by atoms with Crippen LogP contribution in [0, 0.1) is 11.3 Å². The zero-order valence-electron chi connectivity index (χ0n) is 16.0. The predicted octanol–water partition coefficient (Wildman–Crippen LogP) is 7.19. The van der Waals surface area contributed by atoms with E-state index in [1.807, 2.05) is 47.8 Å². The molecule has 4 aromatic rings. The minimum absolute atomic E-state index is 0.0886. The van der Waals surface area contributed by atoms with Crippen molar-refractivity contribution < 1.29 is 9.90 Å². The van der Waals surface area contributed by atoms with Crippen LogP contribution in [0.4, 0.5) is 0 Å². The van der Waals surface area contributed by atoms with Crippen molar-refractivity contribution in [3.63, 3.8) is 0 Å². The van der Waals surface area contributed by atoms with Crippen LogP contribution in [-0.4, -0.2) is 16.1 Å². The number of aromatic nitrogens is 1. The maximum absolute atomic E-state index is 12.3. The Balaban J connectivity index is 1.89. The first-order valence-electron chi connectivity index (χ1n) is 9.26. The largest absolute Gasteiger partial charge is 0.478 e. The number of carboxylic acid groups (broad SMARTS) is 1. The standard InChI is InChI=1S/C24H15ClN2O2S2/c25-17-10-8-16(9-11-17)21(14-26)31-23-22(24(28)29)18(15-5-2-1-3-6-15)13-19(27-23)20-7-4-12-30-20/h1-13,21H,(H,28,29)/t21-/m1/s1. The molecule has 0 aliphatic rings. The lowest BCUT2D eigenvalue weighted by Crippen LogP contribution is -2.06. The zero-order chi connectivity index (χ0) is 21.8. The van der Waals surface area contributed by atoms with Crippen LogP contribution in [0.3, 0.4) is 0 Å². The molecule has 1 atom stereocenters. The summed E-state index contributed by atoms with van der Waals surface area (Å²) in [6, 6.07) is 24.2. The molecule has 31 heavy (non-hydrogen) atoms. The van der Waals surface area contributed by atoms with E-state index in [0.717, 1.165) is 27.8 Å². The Morgan fingerprint density at radius 1 is 1.10 bits per heavy atom. The fourth-order valence-corrected chi connectivity index (χ4v) is 4.98. The summed E-state index contributed by atoms with van der Waals surface area (Å²) in [4.78, 5) is 17.9. The number of aromatic carboxylic acids is 1. The van der Waals surface area contributed by atoms with E-state index in [9.17, 15) is 15.2 Å². The smallest absolute Gasteiger partial charge is 0.339 e. The van der Waals surface area contributed by atoms with Crippen LogP contribution < -0.4 is 0 Å². The van der Waals surface area contributed by atoms with E-state index >= 15 is 0 Å². The first kappa shape index (κ1) is 21.1. The lowest BCUT2D eigenvalue weighted by atomic mass is 10.0. The Morgan fingerprint density at radius 3 is 2.45 bits per heavy atom. The average molecular weight is 463 g/mol. The third-order valence-electron chi connectivity index (χ3n) is 4.58. The summed E-state index contributed by atoms with van der Waals surface area (Å²) in [5.41, 5.74) is 2.85. The second-order valence-corrected chi connectivity index (χ2v) is 9.04. The van der Waals surface area contributed by atoms with Gasteiger partial charge in [0.15, 0.2) is 0 Å². The van der Waals surface area contributed by atoms with Crippen LogP contribution in [0.2, 0.25) is 5.02 Å². The van der Waals surface area contributed by atoms with Gasteiger partial charge in [0.2, 0.25) is 0 Å². The van der Waals surface area contributed by atoms with E-state index in [2.05, 4.69) is 11.1 Å². The molecule has 0 saturated carbocycles. The molecule has 0 bridgehead atoms. The summed E-state index contributed by atoms with van der Waals surface area (Å²) in [5, 5.41) is 22.1. The van der Waals surface area contributed by atoms with Gasteiger partial charge in [-0.25, -0.2) is 9.78 Å². The number of thioether (sulfide) groups is 1. The van der Waals surface area contributed by atoms with Crippen molar-refractivity contribution in [3.8, 4) is 27.8 Å². The quantitative estimate of drug-likeness (QED) is 0.307. The topological polar surface area (TPSA) is 74.0 Å². The monoisotopic (exact) mass is 462 g/mol. The highest BCUT2D eigenvalue weighted by Gasteiger charge is 2.24. The number of nitriles is 1. The SMILES string of the molecule is N#C[C@@H](Sc1nc(-c2cccs2)cc(-c2ccccc2)c1C(=O)O)c1ccc(Cl)cc1. The molecule has 2 aromatic heterocycles. The Labute approximate surface area is 192 Å². The molecule has 0 aliphatic carbocycles. The van der Waals surface area contributed by atoms with Gasteiger partial charge >= 0.3 is 5.97 Å². The normalized spacial score (nSPS) is 11.6. The molecule has 7 heteroatoms. The molecule has 0 aliphatic heterocycles. The molecular formula is C24H15ClN2O2S2. The van der Waals surface area contributed by atoms with Gasteiger partial charge in [0.1, 0.15) is 10.3 Å². The number of benzene rings is 2. The summed E-state index contributed by atoms with van der Waals surface area (Å²) >= 11 is 8.63. The van der Waals surface area contributed by atoms with Crippen molar-refractivity contribution >= 4 is 40.7 Å². The molecule has 0 saturated heterocycles.